The largest absolute Gasteiger partial charge is 0.493 e. The van der Waals surface area contributed by atoms with Crippen molar-refractivity contribution < 1.29 is 33.3 Å². The van der Waals surface area contributed by atoms with E-state index in [1.807, 2.05) is 0 Å². The van der Waals surface area contributed by atoms with Gasteiger partial charge in [-0.2, -0.15) is 0 Å². The topological polar surface area (TPSA) is 130 Å². The average Bonchev–Trinajstić information content (AvgIpc) is 3.50. The van der Waals surface area contributed by atoms with Crippen LogP contribution in [-0.4, -0.2) is 55.9 Å². The maximum atomic E-state index is 12.7. The Morgan fingerprint density at radius 1 is 1.00 bits per heavy atom. The van der Waals surface area contributed by atoms with Gasteiger partial charge in [-0.15, -0.1) is 10.2 Å². The fourth-order valence-electron chi connectivity index (χ4n) is 3.00. The van der Waals surface area contributed by atoms with Crippen molar-refractivity contribution in [2.75, 3.05) is 44.5 Å². The Labute approximate surface area is 202 Å². The van der Waals surface area contributed by atoms with Crippen molar-refractivity contribution in [3.8, 4) is 28.7 Å². The molecule has 2 N–H and O–H groups in total. The predicted octanol–water partition coefficient (Wildman–Crippen LogP) is 3.28. The fraction of sp³-hybridized carbons (Fsp3) is 0.238. The Bertz CT molecular complexity index is 1190. The van der Waals surface area contributed by atoms with Crippen LogP contribution in [0.15, 0.2) is 34.7 Å². The molecule has 0 saturated carbocycles. The van der Waals surface area contributed by atoms with Crippen LogP contribution in [0.2, 0.25) is 0 Å². The lowest BCUT2D eigenvalue weighted by atomic mass is 10.1. The predicted molar refractivity (Wildman–Crippen MR) is 126 cm³/mol. The molecule has 1 aliphatic rings. The lowest BCUT2D eigenvalue weighted by Gasteiger charge is -2.13. The van der Waals surface area contributed by atoms with Gasteiger partial charge in [0.1, 0.15) is 0 Å². The SMILES string of the molecule is COc1cc(C(=O)Nc2nnc(SCC(=O)Nc3ccc4c(c3)OCO4)s2)cc(OC)c1OC. The highest BCUT2D eigenvalue weighted by molar-refractivity contribution is 8.01. The molecule has 0 atom stereocenters. The third kappa shape index (κ3) is 5.26. The van der Waals surface area contributed by atoms with Crippen molar-refractivity contribution in [3.63, 3.8) is 0 Å². The lowest BCUT2D eigenvalue weighted by Crippen LogP contribution is -2.13. The maximum Gasteiger partial charge on any atom is 0.257 e. The van der Waals surface area contributed by atoms with Gasteiger partial charge in [0.25, 0.3) is 5.91 Å². The molecule has 4 rings (SSSR count). The molecule has 0 aliphatic carbocycles. The summed E-state index contributed by atoms with van der Waals surface area (Å²) in [6.45, 7) is 0.165. The molecule has 2 amide bonds. The first-order chi connectivity index (χ1) is 16.5. The van der Waals surface area contributed by atoms with E-state index in [4.69, 9.17) is 23.7 Å². The number of amides is 2. The smallest absolute Gasteiger partial charge is 0.257 e. The molecule has 0 saturated heterocycles. The molecule has 13 heteroatoms. The molecule has 178 valence electrons. The van der Waals surface area contributed by atoms with Crippen LogP contribution in [-0.2, 0) is 4.79 Å². The summed E-state index contributed by atoms with van der Waals surface area (Å²) in [5, 5.41) is 13.7. The molecule has 2 aromatic carbocycles. The van der Waals surface area contributed by atoms with E-state index in [2.05, 4.69) is 20.8 Å². The van der Waals surface area contributed by atoms with Gasteiger partial charge in [0, 0.05) is 17.3 Å². The van der Waals surface area contributed by atoms with Crippen molar-refractivity contribution in [2.24, 2.45) is 0 Å². The number of nitrogens with zero attached hydrogens (tertiary/aromatic N) is 2. The van der Waals surface area contributed by atoms with E-state index >= 15 is 0 Å². The minimum Gasteiger partial charge on any atom is -0.493 e. The van der Waals surface area contributed by atoms with E-state index in [1.165, 1.54) is 45.2 Å². The third-order valence-corrected chi connectivity index (χ3v) is 6.51. The van der Waals surface area contributed by atoms with Crippen molar-refractivity contribution >= 4 is 45.7 Å². The van der Waals surface area contributed by atoms with Crippen LogP contribution >= 0.6 is 23.1 Å². The first-order valence-corrected chi connectivity index (χ1v) is 11.6. The zero-order valence-electron chi connectivity index (χ0n) is 18.4. The minimum atomic E-state index is -0.424. The number of hydrogen-bond donors (Lipinski definition) is 2. The molecule has 3 aromatic rings. The quantitative estimate of drug-likeness (QED) is 0.331. The summed E-state index contributed by atoms with van der Waals surface area (Å²) in [5.74, 6) is 1.79. The molecule has 11 nitrogen and oxygen atoms in total. The Kier molecular flexibility index (Phi) is 7.23. The van der Waals surface area contributed by atoms with Crippen LogP contribution < -0.4 is 34.3 Å². The Morgan fingerprint density at radius 2 is 1.74 bits per heavy atom. The van der Waals surface area contributed by atoms with E-state index in [0.717, 1.165) is 11.3 Å². The maximum absolute atomic E-state index is 12.7. The van der Waals surface area contributed by atoms with Gasteiger partial charge in [-0.3, -0.25) is 14.9 Å². The summed E-state index contributed by atoms with van der Waals surface area (Å²) in [7, 11) is 4.42. The van der Waals surface area contributed by atoms with E-state index in [-0.39, 0.29) is 23.6 Å². The first-order valence-electron chi connectivity index (χ1n) is 9.78. The van der Waals surface area contributed by atoms with Gasteiger partial charge in [-0.05, 0) is 24.3 Å². The number of carbonyl (C=O) groups is 2. The summed E-state index contributed by atoms with van der Waals surface area (Å²) in [5.41, 5.74) is 0.896. The van der Waals surface area contributed by atoms with Crippen molar-refractivity contribution in [1.29, 1.82) is 0 Å². The van der Waals surface area contributed by atoms with Crippen molar-refractivity contribution in [2.45, 2.75) is 4.34 Å². The van der Waals surface area contributed by atoms with Crippen LogP contribution in [0.5, 0.6) is 28.7 Å². The summed E-state index contributed by atoms with van der Waals surface area (Å²) in [6.07, 6.45) is 0. The zero-order valence-corrected chi connectivity index (χ0v) is 20.0. The zero-order chi connectivity index (χ0) is 24.1. The molecule has 0 spiro atoms. The Balaban J connectivity index is 1.33. The average molecular weight is 505 g/mol. The number of fused-ring (bicyclic) bond motifs is 1. The van der Waals surface area contributed by atoms with Crippen molar-refractivity contribution in [1.82, 2.24) is 10.2 Å². The second-order valence-corrected chi connectivity index (χ2v) is 8.85. The monoisotopic (exact) mass is 504 g/mol. The minimum absolute atomic E-state index is 0.115. The molecular weight excluding hydrogens is 484 g/mol. The van der Waals surface area contributed by atoms with E-state index < -0.39 is 5.91 Å². The molecule has 0 unspecified atom stereocenters. The number of benzene rings is 2. The van der Waals surface area contributed by atoms with Crippen LogP contribution in [0.4, 0.5) is 10.8 Å². The number of nitrogens with one attached hydrogen (secondary N) is 2. The van der Waals surface area contributed by atoms with Gasteiger partial charge < -0.3 is 29.0 Å². The second-order valence-electron chi connectivity index (χ2n) is 6.65. The van der Waals surface area contributed by atoms with Gasteiger partial charge in [0.05, 0.1) is 27.1 Å². The number of thioether (sulfide) groups is 1. The van der Waals surface area contributed by atoms with Gasteiger partial charge in [-0.25, -0.2) is 0 Å². The van der Waals surface area contributed by atoms with Crippen LogP contribution in [0.25, 0.3) is 0 Å². The number of aromatic nitrogens is 2. The first kappa shape index (κ1) is 23.4. The van der Waals surface area contributed by atoms with Crippen LogP contribution in [0.3, 0.4) is 0 Å². The Morgan fingerprint density at radius 3 is 2.44 bits per heavy atom. The summed E-state index contributed by atoms with van der Waals surface area (Å²) < 4.78 is 26.9. The third-order valence-electron chi connectivity index (χ3n) is 4.54. The Hall–Kier alpha value is -3.71. The van der Waals surface area contributed by atoms with Gasteiger partial charge in [0.2, 0.25) is 23.6 Å². The highest BCUT2D eigenvalue weighted by atomic mass is 32.2. The molecule has 1 aliphatic heterocycles. The molecule has 34 heavy (non-hydrogen) atoms. The standard InChI is InChI=1S/C21H20N4O7S2/c1-28-15-6-11(7-16(29-2)18(15)30-3)19(27)23-20-24-25-21(34-20)33-9-17(26)22-12-4-5-13-14(8-12)32-10-31-13/h4-8H,9-10H2,1-3H3,(H,22,26)(H,23,24,27). The van der Waals surface area contributed by atoms with Gasteiger partial charge in [0.15, 0.2) is 27.3 Å². The highest BCUT2D eigenvalue weighted by Gasteiger charge is 2.19. The summed E-state index contributed by atoms with van der Waals surface area (Å²) in [4.78, 5) is 25.0. The second kappa shape index (κ2) is 10.5. The number of rotatable bonds is 9. The highest BCUT2D eigenvalue weighted by Crippen LogP contribution is 2.38. The molecule has 2 heterocycles. The summed E-state index contributed by atoms with van der Waals surface area (Å²) >= 11 is 2.36. The van der Waals surface area contributed by atoms with Gasteiger partial charge >= 0.3 is 0 Å². The normalized spacial score (nSPS) is 11.6. The summed E-state index contributed by atoms with van der Waals surface area (Å²) in [6, 6.07) is 8.24. The molecule has 0 fully saturated rings. The lowest BCUT2D eigenvalue weighted by molar-refractivity contribution is -0.113. The number of hydrogen-bond acceptors (Lipinski definition) is 11. The number of anilines is 2. The van der Waals surface area contributed by atoms with Gasteiger partial charge in [-0.1, -0.05) is 23.1 Å². The van der Waals surface area contributed by atoms with E-state index in [1.54, 1.807) is 18.2 Å². The van der Waals surface area contributed by atoms with E-state index in [9.17, 15) is 9.59 Å². The number of methoxy groups -OCH3 is 3. The molecule has 1 aromatic heterocycles. The molecular formula is C21H20N4O7S2. The fourth-order valence-corrected chi connectivity index (χ4v) is 4.55. The van der Waals surface area contributed by atoms with Crippen LogP contribution in [0.1, 0.15) is 10.4 Å². The number of ether oxygens (including phenoxy) is 5. The van der Waals surface area contributed by atoms with Crippen LogP contribution in [0, 0.1) is 0 Å². The molecule has 0 bridgehead atoms. The molecule has 0 radical (unpaired) electrons. The van der Waals surface area contributed by atoms with Crippen molar-refractivity contribution in [3.05, 3.63) is 35.9 Å². The van der Waals surface area contributed by atoms with E-state index in [0.29, 0.717) is 44.3 Å². The number of carbonyl (C=O) groups excluding carboxylic acids is 2.